The summed E-state index contributed by atoms with van der Waals surface area (Å²) in [6, 6.07) is 56.8. The van der Waals surface area contributed by atoms with Gasteiger partial charge in [0.15, 0.2) is 0 Å². The maximum atomic E-state index is 5.26. The molecule has 0 aromatic heterocycles. The third kappa shape index (κ3) is 7.55. The molecule has 228 valence electrons. The smallest absolute Gasteiger partial charge is 0.656 e. The van der Waals surface area contributed by atoms with Crippen LogP contribution in [0.1, 0.15) is 22.3 Å². The Labute approximate surface area is 285 Å². The number of hydrogen-bond donors (Lipinski definition) is 0. The van der Waals surface area contributed by atoms with Gasteiger partial charge in [-0.3, -0.25) is 0 Å². The van der Waals surface area contributed by atoms with Crippen LogP contribution in [0.25, 0.3) is 22.0 Å². The summed E-state index contributed by atoms with van der Waals surface area (Å²) in [5.74, 6) is 0. The van der Waals surface area contributed by atoms with Gasteiger partial charge in [0.05, 0.1) is 11.4 Å². The van der Waals surface area contributed by atoms with Crippen molar-refractivity contribution in [2.75, 3.05) is 0 Å². The molecule has 4 nitrogen and oxygen atoms in total. The van der Waals surface area contributed by atoms with Crippen LogP contribution in [0, 0.1) is 0 Å². The Balaban J connectivity index is 0.00000386. The van der Waals surface area contributed by atoms with E-state index in [1.165, 1.54) is 0 Å². The Morgan fingerprint density at radius 3 is 0.979 bits per heavy atom. The van der Waals surface area contributed by atoms with Crippen molar-refractivity contribution in [2.24, 2.45) is 9.98 Å². The molecule has 0 aliphatic carbocycles. The second-order valence-corrected chi connectivity index (χ2v) is 10.7. The van der Waals surface area contributed by atoms with Gasteiger partial charge in [-0.1, -0.05) is 158 Å². The zero-order chi connectivity index (χ0) is 31.0. The second kappa shape index (κ2) is 15.0. The molecule has 1 aliphatic heterocycles. The second-order valence-electron chi connectivity index (χ2n) is 10.7. The fourth-order valence-corrected chi connectivity index (χ4v) is 5.24. The van der Waals surface area contributed by atoms with Crippen LogP contribution in [-0.2, 0) is 16.5 Å². The molecule has 7 rings (SSSR count). The molecule has 0 amide bonds. The summed E-state index contributed by atoms with van der Waals surface area (Å²) in [6.07, 6.45) is 4.11. The largest absolute Gasteiger partial charge is 2.00 e. The van der Waals surface area contributed by atoms with Crippen molar-refractivity contribution in [3.63, 3.8) is 0 Å². The van der Waals surface area contributed by atoms with E-state index in [0.29, 0.717) is 0 Å². The predicted molar refractivity (Wildman–Crippen MR) is 193 cm³/mol. The van der Waals surface area contributed by atoms with Gasteiger partial charge in [-0.2, -0.15) is 0 Å². The first kappa shape index (κ1) is 31.2. The minimum absolute atomic E-state index is 0. The zero-order valence-corrected chi connectivity index (χ0v) is 26.4. The molecule has 0 atom stereocenters. The van der Waals surface area contributed by atoms with Gasteiger partial charge in [0.25, 0.3) is 0 Å². The van der Waals surface area contributed by atoms with E-state index in [1.807, 2.05) is 121 Å². The van der Waals surface area contributed by atoms with Crippen molar-refractivity contribution < 1.29 is 16.5 Å². The summed E-state index contributed by atoms with van der Waals surface area (Å²) < 4.78 is 0. The Hall–Kier alpha value is -5.77. The van der Waals surface area contributed by atoms with E-state index in [0.717, 1.165) is 67.8 Å². The van der Waals surface area contributed by atoms with E-state index < -0.39 is 0 Å². The van der Waals surface area contributed by atoms with E-state index in [-0.39, 0.29) is 16.5 Å². The third-order valence-electron chi connectivity index (χ3n) is 7.55. The van der Waals surface area contributed by atoms with Crippen LogP contribution in [0.5, 0.6) is 0 Å². The number of benzene rings is 6. The van der Waals surface area contributed by atoms with Gasteiger partial charge >= 0.3 is 16.5 Å². The van der Waals surface area contributed by atoms with Crippen LogP contribution in [0.15, 0.2) is 192 Å². The third-order valence-corrected chi connectivity index (χ3v) is 7.55. The van der Waals surface area contributed by atoms with Crippen molar-refractivity contribution in [3.8, 4) is 0 Å². The van der Waals surface area contributed by atoms with Gasteiger partial charge in [0.1, 0.15) is 0 Å². The number of para-hydroxylation sites is 4. The molecule has 1 aliphatic rings. The Morgan fingerprint density at radius 1 is 0.319 bits per heavy atom. The normalized spacial score (nSPS) is 15.1. The van der Waals surface area contributed by atoms with Crippen molar-refractivity contribution in [1.29, 1.82) is 0 Å². The van der Waals surface area contributed by atoms with Crippen LogP contribution in [0.4, 0.5) is 22.7 Å². The molecule has 0 radical (unpaired) electrons. The maximum absolute atomic E-state index is 5.26. The Bertz CT molecular complexity index is 1920. The van der Waals surface area contributed by atoms with Crippen LogP contribution in [-0.4, -0.2) is 11.4 Å². The first-order valence-electron chi connectivity index (χ1n) is 15.2. The van der Waals surface area contributed by atoms with Crippen molar-refractivity contribution in [3.05, 3.63) is 215 Å². The molecule has 0 fully saturated rings. The number of aliphatic imine (C=N–C) groups is 2. The van der Waals surface area contributed by atoms with E-state index >= 15 is 0 Å². The number of nitrogens with zero attached hydrogens (tertiary/aromatic N) is 4. The average molecular weight is 649 g/mol. The van der Waals surface area contributed by atoms with Gasteiger partial charge in [-0.25, -0.2) is 9.98 Å². The van der Waals surface area contributed by atoms with Gasteiger partial charge < -0.3 is 10.6 Å². The molecule has 6 aromatic carbocycles. The van der Waals surface area contributed by atoms with Crippen LogP contribution < -0.4 is 0 Å². The van der Waals surface area contributed by atoms with Gasteiger partial charge in [-0.05, 0) is 35.4 Å². The number of hydrogen-bond acceptors (Lipinski definition) is 2. The van der Waals surface area contributed by atoms with Crippen molar-refractivity contribution in [2.45, 2.75) is 0 Å². The number of allylic oxidation sites excluding steroid dienone is 2. The molecule has 1 heterocycles. The SMILES string of the molecule is C1=C(/c2ccccc2)[N-]c2ccccc2N=C(c2ccccc2)/C=C(/c2ccccc2)[N-]c2ccccc2N=C/1c1ccccc1.[Ni+2]. The van der Waals surface area contributed by atoms with Crippen LogP contribution in [0.3, 0.4) is 0 Å². The molecule has 0 spiro atoms. The van der Waals surface area contributed by atoms with Gasteiger partial charge in [0, 0.05) is 22.5 Å². The number of fused-ring (bicyclic) bond motifs is 2. The summed E-state index contributed by atoms with van der Waals surface area (Å²) in [4.78, 5) is 10.5. The predicted octanol–water partition coefficient (Wildman–Crippen LogP) is 11.7. The monoisotopic (exact) mass is 648 g/mol. The quantitative estimate of drug-likeness (QED) is 0.171. The van der Waals surface area contributed by atoms with E-state index in [2.05, 4.69) is 60.7 Å². The van der Waals surface area contributed by atoms with Crippen molar-refractivity contribution >= 4 is 45.6 Å². The maximum Gasteiger partial charge on any atom is 2.00 e. The number of rotatable bonds is 4. The molecule has 6 aromatic rings. The zero-order valence-electron chi connectivity index (χ0n) is 25.4. The first-order valence-corrected chi connectivity index (χ1v) is 15.2. The van der Waals surface area contributed by atoms with E-state index in [4.69, 9.17) is 20.6 Å². The summed E-state index contributed by atoms with van der Waals surface area (Å²) in [5.41, 5.74) is 10.0. The van der Waals surface area contributed by atoms with E-state index in [1.54, 1.807) is 0 Å². The summed E-state index contributed by atoms with van der Waals surface area (Å²) in [6.45, 7) is 0. The molecular weight excluding hydrogens is 619 g/mol. The Morgan fingerprint density at radius 2 is 0.617 bits per heavy atom. The van der Waals surface area contributed by atoms with Gasteiger partial charge in [-0.15, -0.1) is 22.8 Å². The molecule has 47 heavy (non-hydrogen) atoms. The Kier molecular flexibility index (Phi) is 9.97. The minimum atomic E-state index is 0. The fraction of sp³-hybridized carbons (Fsp3) is 0. The molecule has 0 saturated carbocycles. The topological polar surface area (TPSA) is 52.9 Å². The fourth-order valence-electron chi connectivity index (χ4n) is 5.24. The van der Waals surface area contributed by atoms with Crippen molar-refractivity contribution in [1.82, 2.24) is 0 Å². The van der Waals surface area contributed by atoms with E-state index in [9.17, 15) is 0 Å². The molecule has 0 N–H and O–H groups in total. The van der Waals surface area contributed by atoms with Crippen LogP contribution >= 0.6 is 0 Å². The summed E-state index contributed by atoms with van der Waals surface area (Å²) in [7, 11) is 0. The average Bonchev–Trinajstić information content (AvgIpc) is 3.13. The molecule has 0 bridgehead atoms. The summed E-state index contributed by atoms with van der Waals surface area (Å²) in [5, 5.41) is 10.5. The first-order chi connectivity index (χ1) is 22.8. The standard InChI is InChI=1S/C42H30N4.Ni/c1-5-17-31(18-6-1)39-29-40(32-19-7-2-8-20-32)44-37-27-15-16-28-38(37)46-42(34-23-11-4-12-24-34)30-41(33-21-9-3-10-22-33)45-36-26-14-13-25-35(36)43-39;/h1-30H;/q-2;+2/b39-29-,42-30-,44-40?,45-41?;. The summed E-state index contributed by atoms with van der Waals surface area (Å²) >= 11 is 0. The molecule has 0 saturated heterocycles. The molecule has 0 unspecified atom stereocenters. The van der Waals surface area contributed by atoms with Gasteiger partial charge in [0.2, 0.25) is 0 Å². The minimum Gasteiger partial charge on any atom is -0.656 e. The molecular formula is C42H30N4Ni. The van der Waals surface area contributed by atoms with Crippen LogP contribution in [0.2, 0.25) is 0 Å². The molecule has 5 heteroatoms.